The molecular weight excluding hydrogens is 238 g/mol. The van der Waals surface area contributed by atoms with E-state index in [1.165, 1.54) is 32.1 Å². The van der Waals surface area contributed by atoms with Crippen LogP contribution in [0.3, 0.4) is 0 Å². The fraction of sp³-hybridized carbons (Fsp3) is 0.933. The van der Waals surface area contributed by atoms with E-state index in [1.807, 2.05) is 0 Å². The molecule has 2 rings (SSSR count). The van der Waals surface area contributed by atoms with Crippen molar-refractivity contribution in [3.8, 4) is 0 Å². The molecule has 0 radical (unpaired) electrons. The molecule has 0 amide bonds. The summed E-state index contributed by atoms with van der Waals surface area (Å²) in [5, 5.41) is 3.19. The third-order valence-corrected chi connectivity index (χ3v) is 4.65. The van der Waals surface area contributed by atoms with Gasteiger partial charge in [-0.25, -0.2) is 0 Å². The van der Waals surface area contributed by atoms with Gasteiger partial charge < -0.3 is 15.8 Å². The Morgan fingerprint density at radius 2 is 2.11 bits per heavy atom. The van der Waals surface area contributed by atoms with E-state index in [0.29, 0.717) is 17.5 Å². The predicted molar refractivity (Wildman–Crippen MR) is 79.2 cm³/mol. The van der Waals surface area contributed by atoms with E-state index < -0.39 is 0 Å². The summed E-state index contributed by atoms with van der Waals surface area (Å²) in [5.74, 6) is 1.46. The fourth-order valence-corrected chi connectivity index (χ4v) is 2.97. The molecule has 4 heteroatoms. The van der Waals surface area contributed by atoms with Crippen LogP contribution in [0.15, 0.2) is 4.99 Å². The third kappa shape index (κ3) is 4.68. The van der Waals surface area contributed by atoms with Gasteiger partial charge in [0, 0.05) is 19.7 Å². The smallest absolute Gasteiger partial charge is 0.188 e. The maximum absolute atomic E-state index is 5.94. The van der Waals surface area contributed by atoms with Gasteiger partial charge in [-0.3, -0.25) is 4.99 Å². The number of rotatable bonds is 4. The molecule has 2 aliphatic rings. The zero-order chi connectivity index (χ0) is 13.7. The predicted octanol–water partition coefficient (Wildman–Crippen LogP) is 2.29. The number of nitrogens with one attached hydrogen (secondary N) is 1. The highest BCUT2D eigenvalue weighted by Crippen LogP contribution is 2.38. The van der Waals surface area contributed by atoms with E-state index in [1.54, 1.807) is 0 Å². The third-order valence-electron chi connectivity index (χ3n) is 4.65. The average Bonchev–Trinajstić information content (AvgIpc) is 2.91. The largest absolute Gasteiger partial charge is 0.376 e. The molecule has 0 bridgehead atoms. The zero-order valence-electron chi connectivity index (χ0n) is 12.5. The van der Waals surface area contributed by atoms with Gasteiger partial charge in [0.25, 0.3) is 0 Å². The van der Waals surface area contributed by atoms with E-state index in [2.05, 4.69) is 24.2 Å². The number of nitrogens with two attached hydrogens (primary N) is 1. The SMILES string of the molecule is CC1CCC(C)(CN=C(N)NCC2CCCO2)CC1. The van der Waals surface area contributed by atoms with Crippen LogP contribution in [0.25, 0.3) is 0 Å². The molecule has 0 aromatic carbocycles. The van der Waals surface area contributed by atoms with Gasteiger partial charge in [0.15, 0.2) is 5.96 Å². The fourth-order valence-electron chi connectivity index (χ4n) is 2.97. The lowest BCUT2D eigenvalue weighted by Crippen LogP contribution is -2.38. The second-order valence-corrected chi connectivity index (χ2v) is 6.71. The monoisotopic (exact) mass is 267 g/mol. The van der Waals surface area contributed by atoms with E-state index in [4.69, 9.17) is 10.5 Å². The Labute approximate surface area is 117 Å². The number of ether oxygens (including phenoxy) is 1. The van der Waals surface area contributed by atoms with Gasteiger partial charge in [-0.05, 0) is 37.0 Å². The zero-order valence-corrected chi connectivity index (χ0v) is 12.5. The first-order chi connectivity index (χ1) is 9.07. The summed E-state index contributed by atoms with van der Waals surface area (Å²) in [6.45, 7) is 7.23. The first kappa shape index (κ1) is 14.6. The molecule has 2 fully saturated rings. The van der Waals surface area contributed by atoms with Crippen molar-refractivity contribution in [2.45, 2.75) is 58.5 Å². The molecule has 110 valence electrons. The summed E-state index contributed by atoms with van der Waals surface area (Å²) >= 11 is 0. The molecular formula is C15H29N3O. The van der Waals surface area contributed by atoms with Crippen molar-refractivity contribution < 1.29 is 4.74 Å². The van der Waals surface area contributed by atoms with Crippen molar-refractivity contribution in [3.05, 3.63) is 0 Å². The quantitative estimate of drug-likeness (QED) is 0.607. The lowest BCUT2D eigenvalue weighted by atomic mass is 9.72. The van der Waals surface area contributed by atoms with Crippen molar-refractivity contribution in [2.75, 3.05) is 19.7 Å². The summed E-state index contributed by atoms with van der Waals surface area (Å²) in [6, 6.07) is 0. The van der Waals surface area contributed by atoms with Crippen LogP contribution >= 0.6 is 0 Å². The van der Waals surface area contributed by atoms with Crippen LogP contribution in [-0.4, -0.2) is 31.8 Å². The minimum Gasteiger partial charge on any atom is -0.376 e. The lowest BCUT2D eigenvalue weighted by Gasteiger charge is -2.35. The van der Waals surface area contributed by atoms with Gasteiger partial charge in [-0.1, -0.05) is 26.7 Å². The summed E-state index contributed by atoms with van der Waals surface area (Å²) < 4.78 is 5.56. The van der Waals surface area contributed by atoms with Crippen molar-refractivity contribution >= 4 is 5.96 Å². The summed E-state index contributed by atoms with van der Waals surface area (Å²) in [6.07, 6.45) is 7.83. The summed E-state index contributed by atoms with van der Waals surface area (Å²) in [4.78, 5) is 4.53. The van der Waals surface area contributed by atoms with Gasteiger partial charge in [-0.2, -0.15) is 0 Å². The molecule has 1 aliphatic carbocycles. The van der Waals surface area contributed by atoms with E-state index >= 15 is 0 Å². The molecule has 1 saturated heterocycles. The lowest BCUT2D eigenvalue weighted by molar-refractivity contribution is 0.114. The number of nitrogens with zero attached hydrogens (tertiary/aromatic N) is 1. The van der Waals surface area contributed by atoms with E-state index in [9.17, 15) is 0 Å². The highest BCUT2D eigenvalue weighted by Gasteiger charge is 2.29. The highest BCUT2D eigenvalue weighted by atomic mass is 16.5. The van der Waals surface area contributed by atoms with Gasteiger partial charge in [0.1, 0.15) is 0 Å². The van der Waals surface area contributed by atoms with Crippen molar-refractivity contribution in [1.82, 2.24) is 5.32 Å². The molecule has 1 saturated carbocycles. The summed E-state index contributed by atoms with van der Waals surface area (Å²) in [5.41, 5.74) is 6.29. The maximum Gasteiger partial charge on any atom is 0.188 e. The van der Waals surface area contributed by atoms with Crippen LogP contribution in [0, 0.1) is 11.3 Å². The van der Waals surface area contributed by atoms with Crippen LogP contribution in [0.1, 0.15) is 52.4 Å². The first-order valence-electron chi connectivity index (χ1n) is 7.73. The van der Waals surface area contributed by atoms with Crippen LogP contribution in [0.4, 0.5) is 0 Å². The Kier molecular flexibility index (Phi) is 5.08. The number of hydrogen-bond donors (Lipinski definition) is 2. The van der Waals surface area contributed by atoms with Crippen LogP contribution in [-0.2, 0) is 4.74 Å². The molecule has 0 aromatic heterocycles. The molecule has 4 nitrogen and oxygen atoms in total. The van der Waals surface area contributed by atoms with E-state index in [0.717, 1.165) is 32.0 Å². The molecule has 1 heterocycles. The second kappa shape index (κ2) is 6.60. The Balaban J connectivity index is 1.71. The Bertz CT molecular complexity index is 303. The molecule has 0 aromatic rings. The molecule has 0 spiro atoms. The minimum absolute atomic E-state index is 0.319. The minimum atomic E-state index is 0.319. The molecule has 19 heavy (non-hydrogen) atoms. The average molecular weight is 267 g/mol. The molecule has 1 unspecified atom stereocenters. The standard InChI is InChI=1S/C15H29N3O/c1-12-5-7-15(2,8-6-12)11-18-14(16)17-10-13-4-3-9-19-13/h12-13H,3-11H2,1-2H3,(H3,16,17,18). The second-order valence-electron chi connectivity index (χ2n) is 6.71. The van der Waals surface area contributed by atoms with Gasteiger partial charge in [-0.15, -0.1) is 0 Å². The first-order valence-corrected chi connectivity index (χ1v) is 7.73. The number of aliphatic imine (C=N–C) groups is 1. The molecule has 1 aliphatic heterocycles. The Morgan fingerprint density at radius 1 is 1.37 bits per heavy atom. The number of guanidine groups is 1. The van der Waals surface area contributed by atoms with Gasteiger partial charge in [0.05, 0.1) is 6.10 Å². The summed E-state index contributed by atoms with van der Waals surface area (Å²) in [7, 11) is 0. The van der Waals surface area contributed by atoms with Gasteiger partial charge in [0.2, 0.25) is 0 Å². The maximum atomic E-state index is 5.94. The highest BCUT2D eigenvalue weighted by molar-refractivity contribution is 5.77. The Morgan fingerprint density at radius 3 is 2.74 bits per heavy atom. The molecule has 3 N–H and O–H groups in total. The topological polar surface area (TPSA) is 59.6 Å². The van der Waals surface area contributed by atoms with Crippen molar-refractivity contribution in [3.63, 3.8) is 0 Å². The number of hydrogen-bond acceptors (Lipinski definition) is 2. The van der Waals surface area contributed by atoms with Crippen molar-refractivity contribution in [2.24, 2.45) is 22.1 Å². The van der Waals surface area contributed by atoms with Gasteiger partial charge >= 0.3 is 0 Å². The normalized spacial score (nSPS) is 36.4. The van der Waals surface area contributed by atoms with Crippen LogP contribution in [0.2, 0.25) is 0 Å². The molecule has 1 atom stereocenters. The van der Waals surface area contributed by atoms with Crippen molar-refractivity contribution in [1.29, 1.82) is 0 Å². The van der Waals surface area contributed by atoms with Crippen LogP contribution < -0.4 is 11.1 Å². The van der Waals surface area contributed by atoms with E-state index in [-0.39, 0.29) is 0 Å². The Hall–Kier alpha value is -0.770. The van der Waals surface area contributed by atoms with Crippen LogP contribution in [0.5, 0.6) is 0 Å².